The first-order valence-electron chi connectivity index (χ1n) is 6.43. The van der Waals surface area contributed by atoms with E-state index in [-0.39, 0.29) is 5.38 Å². The number of halogens is 1. The van der Waals surface area contributed by atoms with Gasteiger partial charge in [-0.1, -0.05) is 50.8 Å². The van der Waals surface area contributed by atoms with E-state index in [2.05, 4.69) is 36.6 Å². The maximum atomic E-state index is 6.51. The SMILES string of the molecule is CCCCCCC(Cl)c1csc2ccccc12. The van der Waals surface area contributed by atoms with Gasteiger partial charge in [0.05, 0.1) is 5.38 Å². The van der Waals surface area contributed by atoms with Crippen LogP contribution in [0.2, 0.25) is 0 Å². The summed E-state index contributed by atoms with van der Waals surface area (Å²) in [5, 5.41) is 3.75. The summed E-state index contributed by atoms with van der Waals surface area (Å²) in [6, 6.07) is 8.54. The van der Waals surface area contributed by atoms with Crippen molar-refractivity contribution in [1.82, 2.24) is 0 Å². The zero-order valence-electron chi connectivity index (χ0n) is 10.3. The molecular formula is C15H19ClS. The average molecular weight is 267 g/mol. The summed E-state index contributed by atoms with van der Waals surface area (Å²) >= 11 is 8.31. The summed E-state index contributed by atoms with van der Waals surface area (Å²) in [7, 11) is 0. The second-order valence-electron chi connectivity index (χ2n) is 4.50. The summed E-state index contributed by atoms with van der Waals surface area (Å²) < 4.78 is 1.35. The fourth-order valence-electron chi connectivity index (χ4n) is 2.15. The average Bonchev–Trinajstić information content (AvgIpc) is 2.78. The molecule has 92 valence electrons. The molecule has 1 aromatic carbocycles. The first-order valence-corrected chi connectivity index (χ1v) is 7.74. The smallest absolute Gasteiger partial charge is 0.0599 e. The van der Waals surface area contributed by atoms with E-state index in [4.69, 9.17) is 11.6 Å². The van der Waals surface area contributed by atoms with Gasteiger partial charge in [-0.05, 0) is 28.8 Å². The summed E-state index contributed by atoms with van der Waals surface area (Å²) in [5.74, 6) is 0. The lowest BCUT2D eigenvalue weighted by molar-refractivity contribution is 0.625. The summed E-state index contributed by atoms with van der Waals surface area (Å²) in [5.41, 5.74) is 1.32. The number of hydrogen-bond acceptors (Lipinski definition) is 1. The molecule has 0 aliphatic heterocycles. The van der Waals surface area contributed by atoms with Gasteiger partial charge in [0.1, 0.15) is 0 Å². The lowest BCUT2D eigenvalue weighted by Gasteiger charge is -2.08. The maximum absolute atomic E-state index is 6.51. The molecule has 0 aliphatic carbocycles. The molecule has 0 amide bonds. The highest BCUT2D eigenvalue weighted by atomic mass is 35.5. The number of hydrogen-bond donors (Lipinski definition) is 0. The standard InChI is InChI=1S/C15H19ClS/c1-2-3-4-5-9-14(16)13-11-17-15-10-7-6-8-12(13)15/h6-8,10-11,14H,2-5,9H2,1H3. The Morgan fingerprint density at radius 1 is 1.18 bits per heavy atom. The molecule has 2 aromatic rings. The first kappa shape index (κ1) is 12.9. The van der Waals surface area contributed by atoms with E-state index >= 15 is 0 Å². The third-order valence-corrected chi connectivity index (χ3v) is 4.59. The Bertz CT molecular complexity index is 461. The minimum Gasteiger partial charge on any atom is -0.143 e. The van der Waals surface area contributed by atoms with E-state index in [0.717, 1.165) is 6.42 Å². The fraction of sp³-hybridized carbons (Fsp3) is 0.467. The van der Waals surface area contributed by atoms with Crippen molar-refractivity contribution in [3.63, 3.8) is 0 Å². The van der Waals surface area contributed by atoms with Crippen LogP contribution in [0.4, 0.5) is 0 Å². The topological polar surface area (TPSA) is 0 Å². The van der Waals surface area contributed by atoms with Crippen molar-refractivity contribution < 1.29 is 0 Å². The lowest BCUT2D eigenvalue weighted by atomic mass is 10.0. The van der Waals surface area contributed by atoms with Crippen LogP contribution in [0.25, 0.3) is 10.1 Å². The molecule has 17 heavy (non-hydrogen) atoms. The molecule has 1 atom stereocenters. The van der Waals surface area contributed by atoms with Gasteiger partial charge in [0.2, 0.25) is 0 Å². The number of benzene rings is 1. The van der Waals surface area contributed by atoms with Gasteiger partial charge >= 0.3 is 0 Å². The van der Waals surface area contributed by atoms with E-state index in [1.54, 1.807) is 11.3 Å². The first-order chi connectivity index (χ1) is 8.33. The van der Waals surface area contributed by atoms with Crippen LogP contribution in [0, 0.1) is 0 Å². The van der Waals surface area contributed by atoms with Crippen molar-refractivity contribution in [3.05, 3.63) is 35.2 Å². The highest BCUT2D eigenvalue weighted by Crippen LogP contribution is 2.36. The van der Waals surface area contributed by atoms with Crippen LogP contribution < -0.4 is 0 Å². The van der Waals surface area contributed by atoms with Crippen LogP contribution in [0.3, 0.4) is 0 Å². The minimum atomic E-state index is 0.183. The van der Waals surface area contributed by atoms with Crippen LogP contribution in [-0.2, 0) is 0 Å². The normalized spacial score (nSPS) is 13.1. The molecule has 2 rings (SSSR count). The molecule has 0 radical (unpaired) electrons. The van der Waals surface area contributed by atoms with Gasteiger partial charge < -0.3 is 0 Å². The molecule has 0 bridgehead atoms. The Morgan fingerprint density at radius 2 is 2.00 bits per heavy atom. The molecule has 0 aliphatic rings. The summed E-state index contributed by atoms with van der Waals surface area (Å²) in [6.45, 7) is 2.24. The van der Waals surface area contributed by atoms with Crippen molar-refractivity contribution in [3.8, 4) is 0 Å². The summed E-state index contributed by atoms with van der Waals surface area (Å²) in [4.78, 5) is 0. The van der Waals surface area contributed by atoms with Crippen LogP contribution in [-0.4, -0.2) is 0 Å². The molecule has 0 nitrogen and oxygen atoms in total. The van der Waals surface area contributed by atoms with Gasteiger partial charge in [0.25, 0.3) is 0 Å². The molecule has 0 N–H and O–H groups in total. The molecule has 2 heteroatoms. The Kier molecular flexibility index (Phi) is 4.87. The molecule has 1 unspecified atom stereocenters. The zero-order valence-corrected chi connectivity index (χ0v) is 11.9. The van der Waals surface area contributed by atoms with Crippen LogP contribution in [0.1, 0.15) is 50.0 Å². The zero-order chi connectivity index (χ0) is 12.1. The second kappa shape index (κ2) is 6.42. The van der Waals surface area contributed by atoms with E-state index in [1.807, 2.05) is 0 Å². The van der Waals surface area contributed by atoms with Gasteiger partial charge in [-0.25, -0.2) is 0 Å². The van der Waals surface area contributed by atoms with Gasteiger partial charge in [0, 0.05) is 4.70 Å². The number of thiophene rings is 1. The third kappa shape index (κ3) is 3.23. The molecule has 0 saturated carbocycles. The molecule has 1 aromatic heterocycles. The van der Waals surface area contributed by atoms with Gasteiger partial charge in [-0.3, -0.25) is 0 Å². The predicted octanol–water partition coefficient (Wildman–Crippen LogP) is 6.15. The van der Waals surface area contributed by atoms with Gasteiger partial charge in [0.15, 0.2) is 0 Å². The van der Waals surface area contributed by atoms with Gasteiger partial charge in [-0.2, -0.15) is 0 Å². The second-order valence-corrected chi connectivity index (χ2v) is 5.94. The van der Waals surface area contributed by atoms with Gasteiger partial charge in [-0.15, -0.1) is 22.9 Å². The lowest BCUT2D eigenvalue weighted by Crippen LogP contribution is -1.89. The van der Waals surface area contributed by atoms with Crippen LogP contribution in [0.5, 0.6) is 0 Å². The molecular weight excluding hydrogens is 248 g/mol. The molecule has 0 fully saturated rings. The van der Waals surface area contributed by atoms with E-state index in [9.17, 15) is 0 Å². The number of rotatable bonds is 6. The van der Waals surface area contributed by atoms with Crippen LogP contribution in [0.15, 0.2) is 29.6 Å². The third-order valence-electron chi connectivity index (χ3n) is 3.16. The molecule has 0 spiro atoms. The van der Waals surface area contributed by atoms with Crippen molar-refractivity contribution in [2.45, 2.75) is 44.4 Å². The Hall–Kier alpha value is -0.530. The monoisotopic (exact) mass is 266 g/mol. The number of unbranched alkanes of at least 4 members (excludes halogenated alkanes) is 3. The van der Waals surface area contributed by atoms with E-state index in [0.29, 0.717) is 0 Å². The van der Waals surface area contributed by atoms with Crippen LogP contribution >= 0.6 is 22.9 Å². The quantitative estimate of drug-likeness (QED) is 0.434. The van der Waals surface area contributed by atoms with Crippen molar-refractivity contribution in [2.24, 2.45) is 0 Å². The fourth-order valence-corrected chi connectivity index (χ4v) is 3.57. The highest BCUT2D eigenvalue weighted by molar-refractivity contribution is 7.17. The maximum Gasteiger partial charge on any atom is 0.0599 e. The van der Waals surface area contributed by atoms with E-state index < -0.39 is 0 Å². The van der Waals surface area contributed by atoms with Crippen molar-refractivity contribution in [1.29, 1.82) is 0 Å². The highest BCUT2D eigenvalue weighted by Gasteiger charge is 2.12. The molecule has 0 saturated heterocycles. The van der Waals surface area contributed by atoms with Crippen molar-refractivity contribution in [2.75, 3.05) is 0 Å². The predicted molar refractivity (Wildman–Crippen MR) is 79.2 cm³/mol. The number of alkyl halides is 1. The molecule has 1 heterocycles. The largest absolute Gasteiger partial charge is 0.143 e. The Labute approximate surface area is 113 Å². The van der Waals surface area contributed by atoms with Crippen molar-refractivity contribution >= 4 is 33.0 Å². The Morgan fingerprint density at radius 3 is 2.82 bits per heavy atom. The number of fused-ring (bicyclic) bond motifs is 1. The minimum absolute atomic E-state index is 0.183. The summed E-state index contributed by atoms with van der Waals surface area (Å²) in [6.07, 6.45) is 6.26. The van der Waals surface area contributed by atoms with E-state index in [1.165, 1.54) is 41.3 Å². The Balaban J connectivity index is 2.01.